The van der Waals surface area contributed by atoms with E-state index >= 15 is 0 Å². The summed E-state index contributed by atoms with van der Waals surface area (Å²) in [7, 11) is 0. The van der Waals surface area contributed by atoms with Crippen molar-refractivity contribution in [3.05, 3.63) is 42.5 Å². The number of rotatable bonds is 3. The van der Waals surface area contributed by atoms with E-state index < -0.39 is 0 Å². The van der Waals surface area contributed by atoms with Gasteiger partial charge in [-0.2, -0.15) is 0 Å². The lowest BCUT2D eigenvalue weighted by Gasteiger charge is -2.31. The Morgan fingerprint density at radius 1 is 0.920 bits per heavy atom. The molecule has 2 aliphatic rings. The molecule has 2 aromatic rings. The minimum absolute atomic E-state index is 0.0235. The molecule has 5 heteroatoms. The van der Waals surface area contributed by atoms with Crippen molar-refractivity contribution in [2.45, 2.75) is 31.7 Å². The van der Waals surface area contributed by atoms with Gasteiger partial charge in [0.2, 0.25) is 5.91 Å². The average molecular weight is 337 g/mol. The van der Waals surface area contributed by atoms with E-state index in [1.807, 2.05) is 47.4 Å². The van der Waals surface area contributed by atoms with Crippen molar-refractivity contribution in [3.8, 4) is 0 Å². The highest BCUT2D eigenvalue weighted by Gasteiger charge is 2.30. The van der Waals surface area contributed by atoms with Gasteiger partial charge in [-0.25, -0.2) is 4.79 Å². The van der Waals surface area contributed by atoms with E-state index in [2.05, 4.69) is 10.6 Å². The number of nitrogens with zero attached hydrogens (tertiary/aromatic N) is 1. The smallest absolute Gasteiger partial charge is 0.317 e. The van der Waals surface area contributed by atoms with Crippen LogP contribution in [0.15, 0.2) is 42.5 Å². The summed E-state index contributed by atoms with van der Waals surface area (Å²) in [5.74, 6) is 0.0162. The SMILES string of the molecule is O=C(Nc1cccc2ccccc12)C1CCN(C(=O)NC2CC2)CC1. The first-order valence-corrected chi connectivity index (χ1v) is 9.05. The van der Waals surface area contributed by atoms with Crippen LogP contribution < -0.4 is 10.6 Å². The summed E-state index contributed by atoms with van der Waals surface area (Å²) in [5.41, 5.74) is 0.858. The van der Waals surface area contributed by atoms with Crippen molar-refractivity contribution in [1.82, 2.24) is 10.2 Å². The zero-order valence-electron chi connectivity index (χ0n) is 14.2. The fourth-order valence-corrected chi connectivity index (χ4v) is 3.41. The van der Waals surface area contributed by atoms with Gasteiger partial charge in [0.05, 0.1) is 0 Å². The third-order valence-corrected chi connectivity index (χ3v) is 5.11. The van der Waals surface area contributed by atoms with Crippen LogP contribution in [-0.4, -0.2) is 36.0 Å². The molecule has 0 spiro atoms. The molecule has 25 heavy (non-hydrogen) atoms. The second-order valence-electron chi connectivity index (χ2n) is 7.00. The van der Waals surface area contributed by atoms with Gasteiger partial charge in [-0.05, 0) is 37.1 Å². The number of nitrogens with one attached hydrogen (secondary N) is 2. The Morgan fingerprint density at radius 2 is 1.64 bits per heavy atom. The number of carbonyl (C=O) groups is 2. The van der Waals surface area contributed by atoms with Crippen LogP contribution in [0.5, 0.6) is 0 Å². The summed E-state index contributed by atoms with van der Waals surface area (Å²) in [6, 6.07) is 14.4. The molecular formula is C20H23N3O2. The lowest BCUT2D eigenvalue weighted by Crippen LogP contribution is -2.46. The number of likely N-dealkylation sites (tertiary alicyclic amines) is 1. The summed E-state index contributed by atoms with van der Waals surface area (Å²) in [6.07, 6.45) is 3.62. The number of benzene rings is 2. The first-order valence-electron chi connectivity index (χ1n) is 9.05. The van der Waals surface area contributed by atoms with Crippen molar-refractivity contribution in [2.75, 3.05) is 18.4 Å². The molecule has 3 amide bonds. The van der Waals surface area contributed by atoms with Crippen LogP contribution in [0, 0.1) is 5.92 Å². The van der Waals surface area contributed by atoms with Crippen molar-refractivity contribution < 1.29 is 9.59 Å². The first-order chi connectivity index (χ1) is 12.2. The Kier molecular flexibility index (Phi) is 4.30. The second-order valence-corrected chi connectivity index (χ2v) is 7.00. The number of anilines is 1. The third kappa shape index (κ3) is 3.60. The number of urea groups is 1. The molecule has 0 aromatic heterocycles. The molecule has 1 aliphatic heterocycles. The molecule has 0 bridgehead atoms. The van der Waals surface area contributed by atoms with Crippen LogP contribution in [0.25, 0.3) is 10.8 Å². The predicted molar refractivity (Wildman–Crippen MR) is 98.4 cm³/mol. The van der Waals surface area contributed by atoms with E-state index in [-0.39, 0.29) is 17.9 Å². The normalized spacial score (nSPS) is 18.2. The minimum atomic E-state index is -0.0380. The number of amides is 3. The van der Waals surface area contributed by atoms with Gasteiger partial charge in [-0.3, -0.25) is 4.79 Å². The number of hydrogen-bond acceptors (Lipinski definition) is 2. The quantitative estimate of drug-likeness (QED) is 0.902. The summed E-state index contributed by atoms with van der Waals surface area (Å²) in [6.45, 7) is 1.29. The maximum Gasteiger partial charge on any atom is 0.317 e. The Hall–Kier alpha value is -2.56. The van der Waals surface area contributed by atoms with Crippen molar-refractivity contribution in [1.29, 1.82) is 0 Å². The van der Waals surface area contributed by atoms with E-state index in [1.54, 1.807) is 0 Å². The zero-order valence-corrected chi connectivity index (χ0v) is 14.2. The second kappa shape index (κ2) is 6.75. The van der Waals surface area contributed by atoms with Gasteiger partial charge in [0.1, 0.15) is 0 Å². The molecule has 2 aromatic carbocycles. The maximum absolute atomic E-state index is 12.6. The van der Waals surface area contributed by atoms with Crippen LogP contribution in [-0.2, 0) is 4.79 Å². The van der Waals surface area contributed by atoms with Crippen molar-refractivity contribution >= 4 is 28.4 Å². The molecule has 1 aliphatic carbocycles. The molecule has 5 nitrogen and oxygen atoms in total. The first kappa shape index (κ1) is 15.9. The molecular weight excluding hydrogens is 314 g/mol. The molecule has 0 atom stereocenters. The fourth-order valence-electron chi connectivity index (χ4n) is 3.41. The predicted octanol–water partition coefficient (Wildman–Crippen LogP) is 3.36. The molecule has 2 fully saturated rings. The van der Waals surface area contributed by atoms with Crippen LogP contribution in [0.4, 0.5) is 10.5 Å². The largest absolute Gasteiger partial charge is 0.335 e. The van der Waals surface area contributed by atoms with Crippen LogP contribution in [0.2, 0.25) is 0 Å². The van der Waals surface area contributed by atoms with Gasteiger partial charge < -0.3 is 15.5 Å². The van der Waals surface area contributed by atoms with Crippen LogP contribution in [0.1, 0.15) is 25.7 Å². The number of piperidine rings is 1. The maximum atomic E-state index is 12.6. The fraction of sp³-hybridized carbons (Fsp3) is 0.400. The van der Waals surface area contributed by atoms with E-state index in [9.17, 15) is 9.59 Å². The lowest BCUT2D eigenvalue weighted by atomic mass is 9.95. The molecule has 1 saturated heterocycles. The summed E-state index contributed by atoms with van der Waals surface area (Å²) in [5, 5.41) is 8.27. The monoisotopic (exact) mass is 337 g/mol. The highest BCUT2D eigenvalue weighted by atomic mass is 16.2. The van der Waals surface area contributed by atoms with Gasteiger partial charge >= 0.3 is 6.03 Å². The Bertz CT molecular complexity index is 787. The van der Waals surface area contributed by atoms with E-state index in [4.69, 9.17) is 0 Å². The van der Waals surface area contributed by atoms with Gasteiger partial charge in [0.25, 0.3) is 0 Å². The summed E-state index contributed by atoms with van der Waals surface area (Å²) >= 11 is 0. The van der Waals surface area contributed by atoms with Crippen LogP contribution in [0.3, 0.4) is 0 Å². The summed E-state index contributed by atoms with van der Waals surface area (Å²) < 4.78 is 0. The minimum Gasteiger partial charge on any atom is -0.335 e. The van der Waals surface area contributed by atoms with Crippen LogP contribution >= 0.6 is 0 Å². The van der Waals surface area contributed by atoms with Crippen molar-refractivity contribution in [3.63, 3.8) is 0 Å². The standard InChI is InChI=1S/C20H23N3O2/c24-19(22-18-7-3-5-14-4-1-2-6-17(14)18)15-10-12-23(13-11-15)20(25)21-16-8-9-16/h1-7,15-16H,8-13H2,(H,21,25)(H,22,24). The lowest BCUT2D eigenvalue weighted by molar-refractivity contribution is -0.121. The zero-order chi connectivity index (χ0) is 17.2. The van der Waals surface area contributed by atoms with E-state index in [0.29, 0.717) is 32.0 Å². The van der Waals surface area contributed by atoms with Gasteiger partial charge in [0.15, 0.2) is 0 Å². The molecule has 130 valence electrons. The molecule has 1 heterocycles. The van der Waals surface area contributed by atoms with E-state index in [1.165, 1.54) is 0 Å². The Balaban J connectivity index is 1.36. The Morgan fingerprint density at radius 3 is 2.40 bits per heavy atom. The number of carbonyl (C=O) groups excluding carboxylic acids is 2. The molecule has 2 N–H and O–H groups in total. The van der Waals surface area contributed by atoms with Gasteiger partial charge in [-0.15, -0.1) is 0 Å². The average Bonchev–Trinajstić information content (AvgIpc) is 3.46. The van der Waals surface area contributed by atoms with Crippen molar-refractivity contribution in [2.24, 2.45) is 5.92 Å². The Labute approximate surface area is 147 Å². The summed E-state index contributed by atoms with van der Waals surface area (Å²) in [4.78, 5) is 26.6. The highest BCUT2D eigenvalue weighted by Crippen LogP contribution is 2.26. The molecule has 1 saturated carbocycles. The molecule has 0 radical (unpaired) electrons. The van der Waals surface area contributed by atoms with Gasteiger partial charge in [-0.1, -0.05) is 36.4 Å². The number of hydrogen-bond donors (Lipinski definition) is 2. The van der Waals surface area contributed by atoms with E-state index in [0.717, 1.165) is 29.3 Å². The molecule has 4 rings (SSSR count). The highest BCUT2D eigenvalue weighted by molar-refractivity contribution is 6.02. The molecule has 0 unspecified atom stereocenters. The van der Waals surface area contributed by atoms with Gasteiger partial charge in [0, 0.05) is 36.1 Å². The topological polar surface area (TPSA) is 61.4 Å². The third-order valence-electron chi connectivity index (χ3n) is 5.11. The number of fused-ring (bicyclic) bond motifs is 1.